The molecule has 0 spiro atoms. The summed E-state index contributed by atoms with van der Waals surface area (Å²) in [6.45, 7) is 0. The van der Waals surface area contributed by atoms with Crippen LogP contribution in [0.25, 0.3) is 123 Å². The molecular formula is C60H38N8. The maximum absolute atomic E-state index is 5.42. The monoisotopic (exact) mass is 870 g/mol. The summed E-state index contributed by atoms with van der Waals surface area (Å²) < 4.78 is 4.59. The second-order valence-electron chi connectivity index (χ2n) is 16.7. The highest BCUT2D eigenvalue weighted by atomic mass is 15.2. The van der Waals surface area contributed by atoms with Crippen LogP contribution in [0.3, 0.4) is 0 Å². The van der Waals surface area contributed by atoms with Crippen molar-refractivity contribution in [3.05, 3.63) is 231 Å². The normalized spacial score (nSPS) is 11.5. The highest BCUT2D eigenvalue weighted by molar-refractivity contribution is 6.26. The van der Waals surface area contributed by atoms with Crippen molar-refractivity contribution in [2.45, 2.75) is 0 Å². The van der Waals surface area contributed by atoms with Crippen LogP contribution in [0.4, 0.5) is 0 Å². The molecular weight excluding hydrogens is 833 g/mol. The zero-order valence-electron chi connectivity index (χ0n) is 36.5. The van der Waals surface area contributed by atoms with Gasteiger partial charge >= 0.3 is 0 Å². The van der Waals surface area contributed by atoms with Gasteiger partial charge in [-0.15, -0.1) is 0 Å². The summed E-state index contributed by atoms with van der Waals surface area (Å²) in [5.74, 6) is 3.59. The number of hydrogen-bond donors (Lipinski definition) is 0. The van der Waals surface area contributed by atoms with Gasteiger partial charge in [0.15, 0.2) is 29.1 Å². The molecule has 0 unspecified atom stereocenters. The SMILES string of the molecule is c1ccc(-c2nc(-c3ccccc3)nc(-c3ccc(-n4c5ccccc5c5c4ccc4c6ccccc6n(-c6nc(-c7ccccc7)nc(-c7ccccc7-c7ccccc7)n6)c45)cc3)n2)cc1. The van der Waals surface area contributed by atoms with Crippen LogP contribution in [0.15, 0.2) is 231 Å². The van der Waals surface area contributed by atoms with E-state index in [1.165, 1.54) is 0 Å². The summed E-state index contributed by atoms with van der Waals surface area (Å²) in [6.07, 6.45) is 0. The molecule has 9 aromatic carbocycles. The number of nitrogens with zero attached hydrogens (tertiary/aromatic N) is 8. The van der Waals surface area contributed by atoms with Gasteiger partial charge in [-0.1, -0.05) is 188 Å². The van der Waals surface area contributed by atoms with E-state index in [4.69, 9.17) is 29.9 Å². The van der Waals surface area contributed by atoms with E-state index in [1.54, 1.807) is 0 Å². The number of rotatable bonds is 8. The number of fused-ring (bicyclic) bond motifs is 7. The smallest absolute Gasteiger partial charge is 0.238 e. The molecule has 0 aliphatic heterocycles. The molecule has 4 heterocycles. The van der Waals surface area contributed by atoms with Gasteiger partial charge < -0.3 is 4.57 Å². The first-order chi connectivity index (χ1) is 33.7. The van der Waals surface area contributed by atoms with Crippen LogP contribution in [0.1, 0.15) is 0 Å². The molecule has 0 atom stereocenters. The van der Waals surface area contributed by atoms with Gasteiger partial charge in [0.1, 0.15) is 0 Å². The molecule has 0 N–H and O–H groups in total. The third-order valence-electron chi connectivity index (χ3n) is 12.7. The molecule has 318 valence electrons. The van der Waals surface area contributed by atoms with Crippen molar-refractivity contribution >= 4 is 43.6 Å². The molecule has 13 aromatic rings. The first-order valence-corrected chi connectivity index (χ1v) is 22.6. The Labute approximate surface area is 391 Å². The molecule has 13 rings (SSSR count). The van der Waals surface area contributed by atoms with E-state index in [1.807, 2.05) is 91.0 Å². The Morgan fingerprint density at radius 3 is 1.26 bits per heavy atom. The predicted octanol–water partition coefficient (Wildman–Crippen LogP) is 14.3. The fraction of sp³-hybridized carbons (Fsp3) is 0. The molecule has 0 fully saturated rings. The molecule has 0 saturated heterocycles. The fourth-order valence-corrected chi connectivity index (χ4v) is 9.54. The zero-order chi connectivity index (χ0) is 45.0. The van der Waals surface area contributed by atoms with Crippen LogP contribution in [-0.4, -0.2) is 39.0 Å². The molecule has 4 aromatic heterocycles. The summed E-state index contributed by atoms with van der Waals surface area (Å²) in [6, 6.07) is 79.3. The second kappa shape index (κ2) is 16.2. The molecule has 0 amide bonds. The van der Waals surface area contributed by atoms with Gasteiger partial charge in [-0.25, -0.2) is 19.9 Å². The molecule has 0 aliphatic rings. The lowest BCUT2D eigenvalue weighted by atomic mass is 9.99. The minimum Gasteiger partial charge on any atom is -0.309 e. The Morgan fingerprint density at radius 1 is 0.250 bits per heavy atom. The lowest BCUT2D eigenvalue weighted by molar-refractivity contribution is 0.955. The summed E-state index contributed by atoms with van der Waals surface area (Å²) in [5, 5.41) is 4.44. The number of hydrogen-bond acceptors (Lipinski definition) is 6. The number of aromatic nitrogens is 8. The van der Waals surface area contributed by atoms with E-state index in [2.05, 4.69) is 149 Å². The van der Waals surface area contributed by atoms with Gasteiger partial charge in [0.2, 0.25) is 5.95 Å². The molecule has 0 saturated carbocycles. The Morgan fingerprint density at radius 2 is 0.676 bits per heavy atom. The van der Waals surface area contributed by atoms with Crippen molar-refractivity contribution in [2.24, 2.45) is 0 Å². The van der Waals surface area contributed by atoms with E-state index in [0.717, 1.165) is 88.2 Å². The van der Waals surface area contributed by atoms with Gasteiger partial charge in [-0.3, -0.25) is 4.57 Å². The van der Waals surface area contributed by atoms with Crippen molar-refractivity contribution in [3.8, 4) is 79.7 Å². The maximum Gasteiger partial charge on any atom is 0.238 e. The van der Waals surface area contributed by atoms with Gasteiger partial charge in [0.05, 0.1) is 22.1 Å². The van der Waals surface area contributed by atoms with Gasteiger partial charge in [0.25, 0.3) is 0 Å². The maximum atomic E-state index is 5.42. The van der Waals surface area contributed by atoms with E-state index in [9.17, 15) is 0 Å². The second-order valence-corrected chi connectivity index (χ2v) is 16.7. The van der Waals surface area contributed by atoms with Crippen LogP contribution in [0, 0.1) is 0 Å². The highest BCUT2D eigenvalue weighted by Gasteiger charge is 2.24. The zero-order valence-corrected chi connectivity index (χ0v) is 36.5. The Bertz CT molecular complexity index is 3940. The van der Waals surface area contributed by atoms with Crippen molar-refractivity contribution < 1.29 is 0 Å². The van der Waals surface area contributed by atoms with E-state index < -0.39 is 0 Å². The van der Waals surface area contributed by atoms with Crippen molar-refractivity contribution in [2.75, 3.05) is 0 Å². The Kier molecular flexibility index (Phi) is 9.31. The van der Waals surface area contributed by atoms with Gasteiger partial charge in [-0.05, 0) is 53.6 Å². The highest BCUT2D eigenvalue weighted by Crippen LogP contribution is 2.42. The Hall–Kier alpha value is -9.40. The molecule has 8 heteroatoms. The molecule has 0 radical (unpaired) electrons. The predicted molar refractivity (Wildman–Crippen MR) is 275 cm³/mol. The lowest BCUT2D eigenvalue weighted by Crippen LogP contribution is -2.07. The summed E-state index contributed by atoms with van der Waals surface area (Å²) in [4.78, 5) is 30.9. The average Bonchev–Trinajstić information content (AvgIpc) is 3.95. The largest absolute Gasteiger partial charge is 0.309 e. The van der Waals surface area contributed by atoms with Crippen LogP contribution >= 0.6 is 0 Å². The van der Waals surface area contributed by atoms with Crippen molar-refractivity contribution in [3.63, 3.8) is 0 Å². The fourth-order valence-electron chi connectivity index (χ4n) is 9.54. The summed E-state index contributed by atoms with van der Waals surface area (Å²) in [5.41, 5.74) is 11.9. The van der Waals surface area contributed by atoms with Gasteiger partial charge in [-0.2, -0.15) is 9.97 Å². The van der Waals surface area contributed by atoms with Gasteiger partial charge in [0, 0.05) is 55.0 Å². The number of benzene rings is 9. The van der Waals surface area contributed by atoms with Crippen LogP contribution in [0.5, 0.6) is 0 Å². The first kappa shape index (κ1) is 39.0. The van der Waals surface area contributed by atoms with E-state index >= 15 is 0 Å². The minimum atomic E-state index is 0.540. The molecule has 0 aliphatic carbocycles. The summed E-state index contributed by atoms with van der Waals surface area (Å²) >= 11 is 0. The molecule has 8 nitrogen and oxygen atoms in total. The standard InChI is InChI=1S/C60H38N8/c1-5-19-39(20-6-1)45-27-13-14-29-48(45)59-64-58(42-25-11-4-12-26-42)65-60(66-59)68-50-31-17-15-28-46(50)47-37-38-52-53(54(47)68)49-30-16-18-32-51(49)67(52)44-35-33-43(34-36-44)57-62-55(40-21-7-2-8-22-40)61-56(63-57)41-23-9-3-10-24-41/h1-38H. The molecule has 0 bridgehead atoms. The van der Waals surface area contributed by atoms with E-state index in [0.29, 0.717) is 35.1 Å². The van der Waals surface area contributed by atoms with Crippen LogP contribution < -0.4 is 0 Å². The Balaban J connectivity index is 1.02. The topological polar surface area (TPSA) is 87.2 Å². The molecule has 68 heavy (non-hydrogen) atoms. The van der Waals surface area contributed by atoms with Crippen LogP contribution in [0.2, 0.25) is 0 Å². The van der Waals surface area contributed by atoms with Crippen molar-refractivity contribution in [1.29, 1.82) is 0 Å². The third kappa shape index (κ3) is 6.62. The van der Waals surface area contributed by atoms with E-state index in [-0.39, 0.29) is 0 Å². The lowest BCUT2D eigenvalue weighted by Gasteiger charge is -2.14. The quantitative estimate of drug-likeness (QED) is 0.151. The van der Waals surface area contributed by atoms with Crippen molar-refractivity contribution in [1.82, 2.24) is 39.0 Å². The number of para-hydroxylation sites is 2. The third-order valence-corrected chi connectivity index (χ3v) is 12.7. The average molecular weight is 871 g/mol. The van der Waals surface area contributed by atoms with Crippen LogP contribution in [-0.2, 0) is 0 Å². The summed E-state index contributed by atoms with van der Waals surface area (Å²) in [7, 11) is 0. The minimum absolute atomic E-state index is 0.540. The first-order valence-electron chi connectivity index (χ1n) is 22.6.